The van der Waals surface area contributed by atoms with E-state index in [9.17, 15) is 4.79 Å². The maximum Gasteiger partial charge on any atom is 0.244 e. The van der Waals surface area contributed by atoms with Gasteiger partial charge < -0.3 is 9.80 Å². The van der Waals surface area contributed by atoms with E-state index in [0.717, 1.165) is 25.9 Å². The van der Waals surface area contributed by atoms with Crippen LogP contribution in [0.5, 0.6) is 0 Å². The molecule has 1 aliphatic heterocycles. The van der Waals surface area contributed by atoms with Crippen molar-refractivity contribution in [1.29, 1.82) is 0 Å². The van der Waals surface area contributed by atoms with Crippen molar-refractivity contribution in [3.8, 4) is 0 Å². The van der Waals surface area contributed by atoms with Gasteiger partial charge in [-0.2, -0.15) is 0 Å². The summed E-state index contributed by atoms with van der Waals surface area (Å²) in [5.74, 6) is 0.317. The maximum atomic E-state index is 12.3. The molecule has 4 heteroatoms. The molecule has 2 aliphatic rings. The zero-order valence-corrected chi connectivity index (χ0v) is 11.7. The van der Waals surface area contributed by atoms with Crippen molar-refractivity contribution in [2.75, 3.05) is 27.2 Å². The Hall–Kier alpha value is -0.610. The van der Waals surface area contributed by atoms with E-state index in [1.54, 1.807) is 0 Å². The van der Waals surface area contributed by atoms with Crippen LogP contribution in [0.1, 0.15) is 33.6 Å². The lowest BCUT2D eigenvalue weighted by Gasteiger charge is -2.34. The van der Waals surface area contributed by atoms with Gasteiger partial charge in [-0.15, -0.1) is 0 Å². The Kier molecular flexibility index (Phi) is 2.99. The van der Waals surface area contributed by atoms with Gasteiger partial charge in [0.15, 0.2) is 0 Å². The minimum Gasteiger partial charge on any atom is -0.325 e. The molecule has 17 heavy (non-hydrogen) atoms. The molecule has 1 atom stereocenters. The number of rotatable bonds is 4. The molecule has 4 nitrogen and oxygen atoms in total. The first-order chi connectivity index (χ1) is 7.76. The van der Waals surface area contributed by atoms with Gasteiger partial charge >= 0.3 is 0 Å². The molecule has 1 amide bonds. The highest BCUT2D eigenvalue weighted by Crippen LogP contribution is 2.42. The van der Waals surface area contributed by atoms with Crippen molar-refractivity contribution in [2.24, 2.45) is 5.41 Å². The molecule has 1 aliphatic carbocycles. The molecule has 1 N–H and O–H groups in total. The lowest BCUT2D eigenvalue weighted by molar-refractivity contribution is -0.132. The third kappa shape index (κ3) is 2.47. The predicted octanol–water partition coefficient (Wildman–Crippen LogP) is 0.885. The molecule has 0 radical (unpaired) electrons. The van der Waals surface area contributed by atoms with E-state index in [1.807, 2.05) is 4.90 Å². The normalized spacial score (nSPS) is 27.3. The number of amides is 1. The number of hydrogen-bond donors (Lipinski definition) is 1. The van der Waals surface area contributed by atoms with Crippen molar-refractivity contribution in [1.82, 2.24) is 15.1 Å². The third-order valence-electron chi connectivity index (χ3n) is 3.72. The van der Waals surface area contributed by atoms with Gasteiger partial charge in [0.1, 0.15) is 0 Å². The van der Waals surface area contributed by atoms with E-state index < -0.39 is 0 Å². The summed E-state index contributed by atoms with van der Waals surface area (Å²) < 4.78 is 0. The molecular formula is C13H25N3O. The molecule has 98 valence electrons. The highest BCUT2D eigenvalue weighted by atomic mass is 16.2. The van der Waals surface area contributed by atoms with Gasteiger partial charge in [-0.25, -0.2) is 0 Å². The van der Waals surface area contributed by atoms with Crippen LogP contribution in [0.3, 0.4) is 0 Å². The summed E-state index contributed by atoms with van der Waals surface area (Å²) in [5, 5.41) is 3.44. The van der Waals surface area contributed by atoms with Crippen LogP contribution in [-0.4, -0.2) is 54.6 Å². The van der Waals surface area contributed by atoms with Crippen LogP contribution in [0.4, 0.5) is 0 Å². The molecular weight excluding hydrogens is 214 g/mol. The second-order valence-corrected chi connectivity index (χ2v) is 6.74. The molecule has 0 bridgehead atoms. The van der Waals surface area contributed by atoms with Crippen molar-refractivity contribution >= 4 is 5.91 Å². The van der Waals surface area contributed by atoms with E-state index in [1.165, 1.54) is 0 Å². The van der Waals surface area contributed by atoms with Crippen LogP contribution in [-0.2, 0) is 4.79 Å². The molecule has 1 heterocycles. The van der Waals surface area contributed by atoms with Gasteiger partial charge in [0.05, 0.1) is 11.7 Å². The molecule has 0 aromatic heterocycles. The maximum absolute atomic E-state index is 12.3. The van der Waals surface area contributed by atoms with Crippen LogP contribution >= 0.6 is 0 Å². The van der Waals surface area contributed by atoms with Gasteiger partial charge in [0.2, 0.25) is 5.91 Å². The van der Waals surface area contributed by atoms with Crippen LogP contribution in [0.25, 0.3) is 0 Å². The fraction of sp³-hybridized carbons (Fsp3) is 0.923. The molecule has 1 unspecified atom stereocenters. The summed E-state index contributed by atoms with van der Waals surface area (Å²) in [6.07, 6.45) is 2.22. The van der Waals surface area contributed by atoms with Crippen LogP contribution in [0.2, 0.25) is 0 Å². The molecule has 0 aromatic carbocycles. The molecule has 2 fully saturated rings. The Morgan fingerprint density at radius 1 is 1.47 bits per heavy atom. The Bertz CT molecular complexity index is 321. The molecule has 0 aromatic rings. The first-order valence-corrected chi connectivity index (χ1v) is 6.49. The van der Waals surface area contributed by atoms with Crippen LogP contribution < -0.4 is 5.32 Å². The molecule has 1 saturated heterocycles. The topological polar surface area (TPSA) is 35.6 Å². The minimum atomic E-state index is -0.173. The number of nitrogens with zero attached hydrogens (tertiary/aromatic N) is 2. The number of hydrogen-bond acceptors (Lipinski definition) is 3. The fourth-order valence-corrected chi connectivity index (χ4v) is 3.05. The van der Waals surface area contributed by atoms with Crippen LogP contribution in [0.15, 0.2) is 0 Å². The first kappa shape index (κ1) is 12.8. The Morgan fingerprint density at radius 2 is 2.06 bits per heavy atom. The summed E-state index contributed by atoms with van der Waals surface area (Å²) in [6.45, 7) is 8.38. The third-order valence-corrected chi connectivity index (χ3v) is 3.72. The monoisotopic (exact) mass is 239 g/mol. The van der Waals surface area contributed by atoms with E-state index >= 15 is 0 Å². The van der Waals surface area contributed by atoms with Gasteiger partial charge in [-0.1, -0.05) is 13.8 Å². The predicted molar refractivity (Wildman–Crippen MR) is 68.6 cm³/mol. The molecule has 1 saturated carbocycles. The van der Waals surface area contributed by atoms with Gasteiger partial charge in [-0.3, -0.25) is 10.1 Å². The second kappa shape index (κ2) is 3.95. The van der Waals surface area contributed by atoms with Crippen molar-refractivity contribution in [2.45, 2.75) is 45.3 Å². The first-order valence-electron chi connectivity index (χ1n) is 6.49. The van der Waals surface area contributed by atoms with E-state index in [2.05, 4.69) is 45.1 Å². The number of carbonyl (C=O) groups is 1. The van der Waals surface area contributed by atoms with Crippen molar-refractivity contribution in [3.05, 3.63) is 0 Å². The summed E-state index contributed by atoms with van der Waals surface area (Å²) >= 11 is 0. The number of carbonyl (C=O) groups excluding carboxylic acids is 1. The second-order valence-electron chi connectivity index (χ2n) is 6.74. The fourth-order valence-electron chi connectivity index (χ4n) is 3.05. The highest BCUT2D eigenvalue weighted by Gasteiger charge is 2.58. The standard InChI is InChI=1S/C13H25N3O/c1-10-14-13(6-7-13)11(17)16(10)9-12(2,3)8-15(4)5/h10,14H,6-9H2,1-5H3. The van der Waals surface area contributed by atoms with Crippen LogP contribution in [0, 0.1) is 5.41 Å². The van der Waals surface area contributed by atoms with E-state index in [-0.39, 0.29) is 17.1 Å². The zero-order chi connectivity index (χ0) is 12.8. The Morgan fingerprint density at radius 3 is 2.47 bits per heavy atom. The van der Waals surface area contributed by atoms with Crippen molar-refractivity contribution in [3.63, 3.8) is 0 Å². The SMILES string of the molecule is CC1NC2(CC2)C(=O)N1CC(C)(C)CN(C)C. The summed E-state index contributed by atoms with van der Waals surface area (Å²) in [5.41, 5.74) is -0.0386. The summed E-state index contributed by atoms with van der Waals surface area (Å²) in [7, 11) is 4.16. The Balaban J connectivity index is 2.01. The minimum absolute atomic E-state index is 0.134. The average Bonchev–Trinajstić information content (AvgIpc) is 2.87. The van der Waals surface area contributed by atoms with E-state index in [4.69, 9.17) is 0 Å². The summed E-state index contributed by atoms with van der Waals surface area (Å²) in [6, 6.07) is 0. The van der Waals surface area contributed by atoms with Gasteiger partial charge in [0, 0.05) is 13.1 Å². The van der Waals surface area contributed by atoms with Gasteiger partial charge in [0.25, 0.3) is 0 Å². The Labute approximate surface area is 104 Å². The lowest BCUT2D eigenvalue weighted by Crippen LogP contribution is -2.44. The quantitative estimate of drug-likeness (QED) is 0.791. The van der Waals surface area contributed by atoms with E-state index in [0.29, 0.717) is 5.91 Å². The molecule has 1 spiro atoms. The average molecular weight is 239 g/mol. The highest BCUT2D eigenvalue weighted by molar-refractivity contribution is 5.91. The number of nitrogens with one attached hydrogen (secondary N) is 1. The van der Waals surface area contributed by atoms with Crippen molar-refractivity contribution < 1.29 is 4.79 Å². The zero-order valence-electron chi connectivity index (χ0n) is 11.7. The summed E-state index contributed by atoms with van der Waals surface area (Å²) in [4.78, 5) is 16.5. The molecule has 2 rings (SSSR count). The smallest absolute Gasteiger partial charge is 0.244 e. The largest absolute Gasteiger partial charge is 0.325 e. The van der Waals surface area contributed by atoms with Gasteiger partial charge in [-0.05, 0) is 39.3 Å². The lowest BCUT2D eigenvalue weighted by atomic mass is 9.92.